The summed E-state index contributed by atoms with van der Waals surface area (Å²) in [6.45, 7) is 4.86. The van der Waals surface area contributed by atoms with Crippen LogP contribution in [0.4, 0.5) is 0 Å². The van der Waals surface area contributed by atoms with Crippen molar-refractivity contribution in [3.05, 3.63) is 36.0 Å². The number of amides is 2. The lowest BCUT2D eigenvalue weighted by atomic mass is 10.0. The third-order valence-electron chi connectivity index (χ3n) is 6.06. The van der Waals surface area contributed by atoms with Gasteiger partial charge in [0.15, 0.2) is 0 Å². The average Bonchev–Trinajstić information content (AvgIpc) is 3.38. The van der Waals surface area contributed by atoms with Crippen LogP contribution in [-0.2, 0) is 25.5 Å². The molecular weight excluding hydrogens is 408 g/mol. The second-order valence-corrected chi connectivity index (χ2v) is 8.98. The maximum Gasteiger partial charge on any atom is 0.328 e. The normalized spacial score (nSPS) is 18.5. The summed E-state index contributed by atoms with van der Waals surface area (Å²) in [6, 6.07) is 6.00. The van der Waals surface area contributed by atoms with Gasteiger partial charge in [-0.1, -0.05) is 32.0 Å². The number of likely N-dealkylation sites (tertiary alicyclic amines) is 1. The molecule has 2 aromatic rings. The quantitative estimate of drug-likeness (QED) is 0.516. The van der Waals surface area contributed by atoms with Crippen molar-refractivity contribution in [2.75, 3.05) is 20.7 Å². The fourth-order valence-electron chi connectivity index (χ4n) is 4.34. The zero-order valence-electron chi connectivity index (χ0n) is 19.3. The predicted octanol–water partition coefficient (Wildman–Crippen LogP) is 1.99. The Morgan fingerprint density at radius 1 is 1.19 bits per heavy atom. The van der Waals surface area contributed by atoms with Crippen LogP contribution in [0.25, 0.3) is 10.9 Å². The summed E-state index contributed by atoms with van der Waals surface area (Å²) in [4.78, 5) is 43.7. The number of methoxy groups -OCH3 is 1. The van der Waals surface area contributed by atoms with E-state index in [-0.39, 0.29) is 30.2 Å². The van der Waals surface area contributed by atoms with Gasteiger partial charge in [0.1, 0.15) is 12.1 Å². The molecule has 8 nitrogen and oxygen atoms in total. The van der Waals surface area contributed by atoms with E-state index in [0.717, 1.165) is 35.9 Å². The molecule has 3 rings (SSSR count). The molecule has 1 aromatic heterocycles. The lowest BCUT2D eigenvalue weighted by molar-refractivity contribution is -0.145. The summed E-state index contributed by atoms with van der Waals surface area (Å²) < 4.78 is 4.95. The van der Waals surface area contributed by atoms with Crippen molar-refractivity contribution in [2.45, 2.75) is 57.7 Å². The van der Waals surface area contributed by atoms with Gasteiger partial charge in [-0.05, 0) is 50.4 Å². The van der Waals surface area contributed by atoms with Gasteiger partial charge >= 0.3 is 5.97 Å². The molecule has 3 atom stereocenters. The monoisotopic (exact) mass is 442 g/mol. The Labute approximate surface area is 189 Å². The Balaban J connectivity index is 1.74. The van der Waals surface area contributed by atoms with E-state index < -0.39 is 18.1 Å². The van der Waals surface area contributed by atoms with Gasteiger partial charge in [-0.15, -0.1) is 0 Å². The molecule has 0 spiro atoms. The Morgan fingerprint density at radius 2 is 1.94 bits per heavy atom. The summed E-state index contributed by atoms with van der Waals surface area (Å²) >= 11 is 0. The van der Waals surface area contributed by atoms with Gasteiger partial charge in [0.25, 0.3) is 0 Å². The highest BCUT2D eigenvalue weighted by Gasteiger charge is 2.33. The summed E-state index contributed by atoms with van der Waals surface area (Å²) in [7, 11) is 3.23. The Morgan fingerprint density at radius 3 is 2.59 bits per heavy atom. The van der Waals surface area contributed by atoms with Gasteiger partial charge < -0.3 is 20.4 Å². The lowest BCUT2D eigenvalue weighted by Gasteiger charge is -2.26. The number of hydrogen-bond donors (Lipinski definition) is 3. The van der Waals surface area contributed by atoms with Crippen LogP contribution < -0.4 is 10.6 Å². The van der Waals surface area contributed by atoms with Crippen LogP contribution in [0.2, 0.25) is 0 Å². The predicted molar refractivity (Wildman–Crippen MR) is 123 cm³/mol. The molecule has 2 heterocycles. The number of likely N-dealkylation sites (N-methyl/N-ethyl adjacent to an activating group) is 1. The van der Waals surface area contributed by atoms with Crippen molar-refractivity contribution in [1.29, 1.82) is 0 Å². The number of carbonyl (C=O) groups excluding carboxylic acids is 3. The lowest BCUT2D eigenvalue weighted by Crippen LogP contribution is -2.55. The van der Waals surface area contributed by atoms with Crippen molar-refractivity contribution in [3.63, 3.8) is 0 Å². The number of nitrogens with zero attached hydrogens (tertiary/aromatic N) is 1. The van der Waals surface area contributed by atoms with E-state index in [1.165, 1.54) is 7.11 Å². The molecule has 1 aliphatic rings. The van der Waals surface area contributed by atoms with Crippen molar-refractivity contribution in [2.24, 2.45) is 5.92 Å². The number of hydrogen-bond acceptors (Lipinski definition) is 5. The molecule has 1 fully saturated rings. The van der Waals surface area contributed by atoms with E-state index in [9.17, 15) is 14.4 Å². The number of ether oxygens (including phenoxy) is 1. The second-order valence-electron chi connectivity index (χ2n) is 8.98. The summed E-state index contributed by atoms with van der Waals surface area (Å²) in [5.74, 6) is -0.841. The number of aromatic amines is 1. The standard InChI is InChI=1S/C24H34N4O4/c1-15(2)12-19(26-23(30)21-10-7-11-28(21)3)22(29)27-20(24(31)32-4)13-16-14-25-18-9-6-5-8-17(16)18/h5-6,8-9,14-15,19-21,25H,7,10-13H2,1-4H3,(H,26,30)(H,27,29)/t19-,20-,21-/m0/s1. The zero-order valence-corrected chi connectivity index (χ0v) is 19.3. The number of esters is 1. The topological polar surface area (TPSA) is 104 Å². The van der Waals surface area contributed by atoms with Crippen LogP contribution >= 0.6 is 0 Å². The Bertz CT molecular complexity index is 954. The number of nitrogens with one attached hydrogen (secondary N) is 3. The molecule has 1 aromatic carbocycles. The SMILES string of the molecule is COC(=O)[C@H](Cc1c[nH]c2ccccc12)NC(=O)[C@H](CC(C)C)NC(=O)[C@@H]1CCCN1C. The highest BCUT2D eigenvalue weighted by Crippen LogP contribution is 2.20. The highest BCUT2D eigenvalue weighted by atomic mass is 16.5. The van der Waals surface area contributed by atoms with E-state index in [1.807, 2.05) is 56.3 Å². The third-order valence-corrected chi connectivity index (χ3v) is 6.06. The van der Waals surface area contributed by atoms with Gasteiger partial charge in [0, 0.05) is 23.5 Å². The molecule has 0 unspecified atom stereocenters. The molecule has 8 heteroatoms. The van der Waals surface area contributed by atoms with E-state index in [1.54, 1.807) is 0 Å². The van der Waals surface area contributed by atoms with E-state index in [4.69, 9.17) is 4.74 Å². The van der Waals surface area contributed by atoms with Gasteiger partial charge in [-0.3, -0.25) is 14.5 Å². The van der Waals surface area contributed by atoms with Crippen molar-refractivity contribution < 1.29 is 19.1 Å². The third kappa shape index (κ3) is 5.68. The number of carbonyl (C=O) groups is 3. The first-order valence-corrected chi connectivity index (χ1v) is 11.2. The molecule has 32 heavy (non-hydrogen) atoms. The van der Waals surface area contributed by atoms with Gasteiger partial charge in [-0.25, -0.2) is 4.79 Å². The largest absolute Gasteiger partial charge is 0.467 e. The van der Waals surface area contributed by atoms with Gasteiger partial charge in [-0.2, -0.15) is 0 Å². The minimum atomic E-state index is -0.854. The molecular formula is C24H34N4O4. The van der Waals surface area contributed by atoms with E-state index >= 15 is 0 Å². The van der Waals surface area contributed by atoms with Crippen molar-refractivity contribution in [1.82, 2.24) is 20.5 Å². The number of H-pyrrole nitrogens is 1. The number of rotatable bonds is 9. The van der Waals surface area contributed by atoms with Gasteiger partial charge in [0.2, 0.25) is 11.8 Å². The van der Waals surface area contributed by atoms with Gasteiger partial charge in [0.05, 0.1) is 13.2 Å². The smallest absolute Gasteiger partial charge is 0.328 e. The number of para-hydroxylation sites is 1. The first-order chi connectivity index (χ1) is 15.3. The van der Waals surface area contributed by atoms with Crippen LogP contribution in [0.5, 0.6) is 0 Å². The number of aromatic nitrogens is 1. The van der Waals surface area contributed by atoms with Crippen LogP contribution in [0.3, 0.4) is 0 Å². The average molecular weight is 443 g/mol. The first kappa shape index (κ1) is 23.8. The summed E-state index contributed by atoms with van der Waals surface area (Å²) in [5.41, 5.74) is 1.87. The minimum absolute atomic E-state index is 0.142. The summed E-state index contributed by atoms with van der Waals surface area (Å²) in [6.07, 6.45) is 4.36. The molecule has 0 aliphatic carbocycles. The number of benzene rings is 1. The molecule has 174 valence electrons. The van der Waals surface area contributed by atoms with Crippen molar-refractivity contribution >= 4 is 28.7 Å². The van der Waals surface area contributed by atoms with Crippen LogP contribution in [0.15, 0.2) is 30.5 Å². The molecule has 1 saturated heterocycles. The second kappa shape index (κ2) is 10.6. The Hall–Kier alpha value is -2.87. The molecule has 0 saturated carbocycles. The van der Waals surface area contributed by atoms with Crippen molar-refractivity contribution in [3.8, 4) is 0 Å². The van der Waals surface area contributed by atoms with Crippen LogP contribution in [-0.4, -0.2) is 66.5 Å². The maximum absolute atomic E-state index is 13.2. The molecule has 2 amide bonds. The van der Waals surface area contributed by atoms with E-state index in [2.05, 4.69) is 15.6 Å². The maximum atomic E-state index is 13.2. The summed E-state index contributed by atoms with van der Waals surface area (Å²) in [5, 5.41) is 6.74. The highest BCUT2D eigenvalue weighted by molar-refractivity contribution is 5.92. The Kier molecular flexibility index (Phi) is 7.90. The molecule has 1 aliphatic heterocycles. The van der Waals surface area contributed by atoms with Crippen LogP contribution in [0, 0.1) is 5.92 Å². The van der Waals surface area contributed by atoms with E-state index in [0.29, 0.717) is 6.42 Å². The first-order valence-electron chi connectivity index (χ1n) is 11.2. The number of fused-ring (bicyclic) bond motifs is 1. The fourth-order valence-corrected chi connectivity index (χ4v) is 4.34. The molecule has 3 N–H and O–H groups in total. The molecule has 0 bridgehead atoms. The molecule has 0 radical (unpaired) electrons. The fraction of sp³-hybridized carbons (Fsp3) is 0.542. The minimum Gasteiger partial charge on any atom is -0.467 e. The zero-order chi connectivity index (χ0) is 23.3. The van der Waals surface area contributed by atoms with Crippen LogP contribution in [0.1, 0.15) is 38.7 Å².